The molecule has 0 bridgehead atoms. The summed E-state index contributed by atoms with van der Waals surface area (Å²) < 4.78 is 0. The molecule has 1 aromatic heterocycles. The number of rotatable bonds is 9. The Bertz CT molecular complexity index is 962. The van der Waals surface area contributed by atoms with Gasteiger partial charge in [0, 0.05) is 29.8 Å². The Morgan fingerprint density at radius 2 is 1.60 bits per heavy atom. The van der Waals surface area contributed by atoms with E-state index >= 15 is 0 Å². The first-order valence-electron chi connectivity index (χ1n) is 10.5. The fourth-order valence-electron chi connectivity index (χ4n) is 4.19. The highest BCUT2D eigenvalue weighted by molar-refractivity contribution is 5.64. The number of hydrogen-bond donors (Lipinski definition) is 1. The molecule has 0 aliphatic carbocycles. The van der Waals surface area contributed by atoms with Crippen LogP contribution in [0.25, 0.3) is 11.1 Å². The van der Waals surface area contributed by atoms with Gasteiger partial charge in [0.05, 0.1) is 13.7 Å². The van der Waals surface area contributed by atoms with Gasteiger partial charge in [-0.25, -0.2) is 9.78 Å². The van der Waals surface area contributed by atoms with E-state index in [1.807, 2.05) is 25.4 Å². The van der Waals surface area contributed by atoms with Crippen molar-refractivity contribution in [1.29, 1.82) is 0 Å². The van der Waals surface area contributed by atoms with Crippen LogP contribution in [0.1, 0.15) is 48.9 Å². The Morgan fingerprint density at radius 3 is 2.23 bits per heavy atom. The maximum Gasteiger partial charge on any atom is 0.118 e. The molecule has 0 atom stereocenters. The number of hydrogen-bond acceptors (Lipinski definition) is 4. The van der Waals surface area contributed by atoms with E-state index in [1.54, 1.807) is 0 Å². The number of aromatic hydroxyl groups is 1. The lowest BCUT2D eigenvalue weighted by molar-refractivity contribution is -0.271. The minimum Gasteiger partial charge on any atom is -0.508 e. The third kappa shape index (κ3) is 4.55. The lowest BCUT2D eigenvalue weighted by Crippen LogP contribution is -2.26. The molecular formula is C26H31NO3. The van der Waals surface area contributed by atoms with Gasteiger partial charge in [-0.15, -0.1) is 0 Å². The topological polar surface area (TPSA) is 51.6 Å². The van der Waals surface area contributed by atoms with Crippen molar-refractivity contribution in [3.8, 4) is 16.9 Å². The highest BCUT2D eigenvalue weighted by atomic mass is 17.2. The molecule has 1 heterocycles. The average Bonchev–Trinajstić information content (AvgIpc) is 2.78. The van der Waals surface area contributed by atoms with E-state index in [-0.39, 0.29) is 5.41 Å². The Kier molecular flexibility index (Phi) is 7.24. The number of phenols is 1. The highest BCUT2D eigenvalue weighted by Crippen LogP contribution is 2.40. The Balaban J connectivity index is 1.91. The second-order valence-corrected chi connectivity index (χ2v) is 7.69. The maximum atomic E-state index is 9.96. The van der Waals surface area contributed by atoms with Crippen LogP contribution in [0, 0.1) is 6.92 Å². The Hall–Kier alpha value is -2.69. The number of aromatic nitrogens is 1. The van der Waals surface area contributed by atoms with E-state index in [2.05, 4.69) is 66.2 Å². The summed E-state index contributed by atoms with van der Waals surface area (Å²) in [5.41, 5.74) is 6.73. The lowest BCUT2D eigenvalue weighted by atomic mass is 9.70. The molecule has 4 heteroatoms. The molecule has 2 aromatic carbocycles. The van der Waals surface area contributed by atoms with Crippen molar-refractivity contribution in [2.75, 3.05) is 13.7 Å². The molecule has 158 valence electrons. The van der Waals surface area contributed by atoms with E-state index < -0.39 is 0 Å². The SMILES string of the molecule is CCC(CC)(c1ccc(-c2cncc(CCOOC)c2)cc1)c1ccc(O)c(C)c1. The Morgan fingerprint density at radius 1 is 0.900 bits per heavy atom. The van der Waals surface area contributed by atoms with Gasteiger partial charge >= 0.3 is 0 Å². The van der Waals surface area contributed by atoms with Gasteiger partial charge in [0.1, 0.15) is 5.75 Å². The minimum absolute atomic E-state index is 0.0748. The molecule has 4 nitrogen and oxygen atoms in total. The number of pyridine rings is 1. The van der Waals surface area contributed by atoms with E-state index in [0.29, 0.717) is 12.4 Å². The van der Waals surface area contributed by atoms with Gasteiger partial charge in [-0.05, 0) is 59.7 Å². The van der Waals surface area contributed by atoms with Crippen LogP contribution in [0.3, 0.4) is 0 Å². The van der Waals surface area contributed by atoms with Crippen molar-refractivity contribution in [3.63, 3.8) is 0 Å². The van der Waals surface area contributed by atoms with Crippen LogP contribution in [0.2, 0.25) is 0 Å². The van der Waals surface area contributed by atoms with Crippen molar-refractivity contribution in [2.24, 2.45) is 0 Å². The molecule has 3 rings (SSSR count). The molecule has 0 fully saturated rings. The van der Waals surface area contributed by atoms with Crippen LogP contribution in [-0.4, -0.2) is 23.8 Å². The van der Waals surface area contributed by atoms with Crippen molar-refractivity contribution in [3.05, 3.63) is 83.2 Å². The number of phenolic OH excluding ortho intramolecular Hbond substituents is 1. The van der Waals surface area contributed by atoms with E-state index in [4.69, 9.17) is 4.89 Å². The molecular weight excluding hydrogens is 374 g/mol. The number of nitrogens with zero attached hydrogens (tertiary/aromatic N) is 1. The zero-order valence-electron chi connectivity index (χ0n) is 18.3. The van der Waals surface area contributed by atoms with E-state index in [9.17, 15) is 5.11 Å². The summed E-state index contributed by atoms with van der Waals surface area (Å²) in [4.78, 5) is 14.0. The summed E-state index contributed by atoms with van der Waals surface area (Å²) in [5, 5.41) is 9.96. The second kappa shape index (κ2) is 9.88. The van der Waals surface area contributed by atoms with Crippen molar-refractivity contribution < 1.29 is 14.9 Å². The molecule has 0 radical (unpaired) electrons. The summed E-state index contributed by atoms with van der Waals surface area (Å²) in [6.07, 6.45) is 6.49. The zero-order valence-corrected chi connectivity index (χ0v) is 18.3. The lowest BCUT2D eigenvalue weighted by Gasteiger charge is -2.34. The minimum atomic E-state index is -0.0748. The quantitative estimate of drug-likeness (QED) is 0.270. The van der Waals surface area contributed by atoms with Crippen molar-refractivity contribution in [2.45, 2.75) is 45.4 Å². The van der Waals surface area contributed by atoms with E-state index in [0.717, 1.165) is 41.5 Å². The third-order valence-corrected chi connectivity index (χ3v) is 6.11. The molecule has 0 saturated carbocycles. The largest absolute Gasteiger partial charge is 0.508 e. The fourth-order valence-corrected chi connectivity index (χ4v) is 4.19. The normalized spacial score (nSPS) is 11.6. The van der Waals surface area contributed by atoms with Crippen molar-refractivity contribution >= 4 is 0 Å². The zero-order chi connectivity index (χ0) is 21.6. The summed E-state index contributed by atoms with van der Waals surface area (Å²) in [7, 11) is 1.52. The first-order chi connectivity index (χ1) is 14.5. The maximum absolute atomic E-state index is 9.96. The van der Waals surface area contributed by atoms with Gasteiger partial charge in [-0.2, -0.15) is 0 Å². The Labute approximate surface area is 179 Å². The van der Waals surface area contributed by atoms with E-state index in [1.165, 1.54) is 18.2 Å². The number of aryl methyl sites for hydroxylation is 1. The predicted octanol–water partition coefficient (Wildman–Crippen LogP) is 5.99. The molecule has 30 heavy (non-hydrogen) atoms. The third-order valence-electron chi connectivity index (χ3n) is 6.11. The van der Waals surface area contributed by atoms with Gasteiger partial charge in [-0.3, -0.25) is 4.98 Å². The van der Waals surface area contributed by atoms with Gasteiger partial charge in [0.2, 0.25) is 0 Å². The highest BCUT2D eigenvalue weighted by Gasteiger charge is 2.31. The summed E-state index contributed by atoms with van der Waals surface area (Å²) in [5.74, 6) is 0.346. The predicted molar refractivity (Wildman–Crippen MR) is 121 cm³/mol. The van der Waals surface area contributed by atoms with Gasteiger partial charge in [0.25, 0.3) is 0 Å². The summed E-state index contributed by atoms with van der Waals surface area (Å²) >= 11 is 0. The van der Waals surface area contributed by atoms with Gasteiger partial charge < -0.3 is 5.11 Å². The van der Waals surface area contributed by atoms with Crippen molar-refractivity contribution in [1.82, 2.24) is 4.98 Å². The average molecular weight is 406 g/mol. The molecule has 0 spiro atoms. The van der Waals surface area contributed by atoms with Crippen LogP contribution in [0.5, 0.6) is 5.75 Å². The van der Waals surface area contributed by atoms with Crippen LogP contribution in [0.4, 0.5) is 0 Å². The molecule has 0 amide bonds. The molecule has 1 N–H and O–H groups in total. The number of benzene rings is 2. The molecule has 0 unspecified atom stereocenters. The van der Waals surface area contributed by atoms with Crippen LogP contribution < -0.4 is 0 Å². The molecule has 0 aliphatic rings. The monoisotopic (exact) mass is 405 g/mol. The first kappa shape index (κ1) is 22.0. The van der Waals surface area contributed by atoms with Crippen LogP contribution in [0.15, 0.2) is 60.9 Å². The molecule has 0 saturated heterocycles. The standard InChI is InChI=1S/C26H31NO3/c1-5-26(6-2,24-11-12-25(28)19(3)15-24)23-9-7-21(8-10-23)22-16-20(17-27-18-22)13-14-30-29-4/h7-12,15-18,28H,5-6,13-14H2,1-4H3. The smallest absolute Gasteiger partial charge is 0.118 e. The summed E-state index contributed by atoms with van der Waals surface area (Å²) in [6.45, 7) is 6.92. The summed E-state index contributed by atoms with van der Waals surface area (Å²) in [6, 6.07) is 16.9. The van der Waals surface area contributed by atoms with Crippen LogP contribution >= 0.6 is 0 Å². The fraction of sp³-hybridized carbons (Fsp3) is 0.346. The van der Waals surface area contributed by atoms with Gasteiger partial charge in [-0.1, -0.05) is 50.2 Å². The van der Waals surface area contributed by atoms with Gasteiger partial charge in [0.15, 0.2) is 0 Å². The first-order valence-corrected chi connectivity index (χ1v) is 10.5. The molecule has 3 aromatic rings. The molecule has 0 aliphatic heterocycles. The second-order valence-electron chi connectivity index (χ2n) is 7.69. The van der Waals surface area contributed by atoms with Crippen LogP contribution in [-0.2, 0) is 21.6 Å².